The molecule has 0 fully saturated rings. The third-order valence-corrected chi connectivity index (χ3v) is 4.96. The van der Waals surface area contributed by atoms with Crippen LogP contribution in [0, 0.1) is 5.82 Å². The van der Waals surface area contributed by atoms with Crippen molar-refractivity contribution in [1.29, 1.82) is 0 Å². The monoisotopic (exact) mass is 473 g/mol. The van der Waals surface area contributed by atoms with Crippen molar-refractivity contribution in [3.05, 3.63) is 76.3 Å². The van der Waals surface area contributed by atoms with Crippen LogP contribution in [0.1, 0.15) is 11.1 Å². The molecule has 2 aromatic carbocycles. The van der Waals surface area contributed by atoms with Gasteiger partial charge in [0.1, 0.15) is 5.82 Å². The molecule has 156 valence electrons. The number of ether oxygens (including phenoxy) is 2. The largest absolute Gasteiger partial charge is 0.493 e. The average molecular weight is 474 g/mol. The number of methoxy groups -OCH3 is 2. The van der Waals surface area contributed by atoms with Crippen LogP contribution >= 0.6 is 15.9 Å². The van der Waals surface area contributed by atoms with Gasteiger partial charge < -0.3 is 14.8 Å². The summed E-state index contributed by atoms with van der Waals surface area (Å²) in [5.74, 6) is 0.724. The first kappa shape index (κ1) is 21.6. The zero-order valence-corrected chi connectivity index (χ0v) is 18.1. The maximum atomic E-state index is 13.3. The van der Waals surface area contributed by atoms with Crippen molar-refractivity contribution in [2.24, 2.45) is 0 Å². The lowest BCUT2D eigenvalue weighted by atomic mass is 10.1. The predicted octanol–water partition coefficient (Wildman–Crippen LogP) is 4.70. The van der Waals surface area contributed by atoms with E-state index in [-0.39, 0.29) is 11.7 Å². The summed E-state index contributed by atoms with van der Waals surface area (Å²) in [4.78, 5) is 12.1. The van der Waals surface area contributed by atoms with Crippen molar-refractivity contribution >= 4 is 33.6 Å². The van der Waals surface area contributed by atoms with E-state index >= 15 is 0 Å². The third kappa shape index (κ3) is 5.70. The van der Waals surface area contributed by atoms with Gasteiger partial charge in [-0.2, -0.15) is 5.10 Å². The second-order valence-corrected chi connectivity index (χ2v) is 7.28. The lowest BCUT2D eigenvalue weighted by Gasteiger charge is -2.09. The zero-order valence-electron chi connectivity index (χ0n) is 16.6. The number of carbonyl (C=O) groups is 1. The van der Waals surface area contributed by atoms with Crippen LogP contribution in [0.25, 0.3) is 6.08 Å². The van der Waals surface area contributed by atoms with Crippen LogP contribution < -0.4 is 14.8 Å². The Morgan fingerprint density at radius 3 is 2.73 bits per heavy atom. The Balaban J connectivity index is 1.55. The van der Waals surface area contributed by atoms with Gasteiger partial charge in [0.2, 0.25) is 5.91 Å². The van der Waals surface area contributed by atoms with Crippen LogP contribution in [0.4, 0.5) is 10.1 Å². The Labute approximate surface area is 182 Å². The molecule has 0 aliphatic carbocycles. The fourth-order valence-corrected chi connectivity index (χ4v) is 3.20. The maximum absolute atomic E-state index is 13.3. The summed E-state index contributed by atoms with van der Waals surface area (Å²) in [5, 5.41) is 7.03. The van der Waals surface area contributed by atoms with Gasteiger partial charge in [0.15, 0.2) is 11.5 Å². The van der Waals surface area contributed by atoms with E-state index in [1.165, 1.54) is 12.1 Å². The number of amides is 1. The summed E-state index contributed by atoms with van der Waals surface area (Å²) in [6, 6.07) is 10.3. The molecule has 3 rings (SSSR count). The minimum Gasteiger partial charge on any atom is -0.493 e. The highest BCUT2D eigenvalue weighted by Gasteiger charge is 2.06. The molecule has 0 bridgehead atoms. The Morgan fingerprint density at radius 2 is 2.00 bits per heavy atom. The van der Waals surface area contributed by atoms with Crippen molar-refractivity contribution < 1.29 is 18.7 Å². The normalized spacial score (nSPS) is 10.9. The summed E-state index contributed by atoms with van der Waals surface area (Å²) in [6.07, 6.45) is 7.10. The number of hydrogen-bond acceptors (Lipinski definition) is 4. The summed E-state index contributed by atoms with van der Waals surface area (Å²) < 4.78 is 25.9. The Hall–Kier alpha value is -3.13. The van der Waals surface area contributed by atoms with Crippen LogP contribution in [-0.2, 0) is 17.8 Å². The standard InChI is InChI=1S/C22H21BrFN3O3/c1-29-20-7-4-16(12-21(20)30-2)9-10-27-14-17(13-25-27)26-22(28)8-5-15-3-6-19(24)18(23)11-15/h3-8,11-14H,9-10H2,1-2H3,(H,26,28). The molecule has 1 aromatic heterocycles. The molecule has 8 heteroatoms. The molecule has 0 aliphatic heterocycles. The molecule has 0 spiro atoms. The molecule has 0 radical (unpaired) electrons. The quantitative estimate of drug-likeness (QED) is 0.481. The SMILES string of the molecule is COc1ccc(CCn2cc(NC(=O)C=Cc3ccc(F)c(Br)c3)cn2)cc1OC. The van der Waals surface area contributed by atoms with Gasteiger partial charge in [0, 0.05) is 18.8 Å². The molecule has 0 aliphatic rings. The first-order chi connectivity index (χ1) is 14.5. The van der Waals surface area contributed by atoms with Crippen LogP contribution in [0.5, 0.6) is 11.5 Å². The van der Waals surface area contributed by atoms with Crippen molar-refractivity contribution in [2.75, 3.05) is 19.5 Å². The minimum atomic E-state index is -0.350. The smallest absolute Gasteiger partial charge is 0.248 e. The fourth-order valence-electron chi connectivity index (χ4n) is 2.80. The van der Waals surface area contributed by atoms with E-state index < -0.39 is 0 Å². The van der Waals surface area contributed by atoms with E-state index in [0.717, 1.165) is 12.0 Å². The van der Waals surface area contributed by atoms with E-state index in [9.17, 15) is 9.18 Å². The zero-order chi connectivity index (χ0) is 21.5. The number of anilines is 1. The predicted molar refractivity (Wildman–Crippen MR) is 117 cm³/mol. The van der Waals surface area contributed by atoms with Gasteiger partial charge in [-0.25, -0.2) is 4.39 Å². The van der Waals surface area contributed by atoms with Crippen molar-refractivity contribution in [3.8, 4) is 11.5 Å². The van der Waals surface area contributed by atoms with Gasteiger partial charge in [-0.15, -0.1) is 0 Å². The highest BCUT2D eigenvalue weighted by Crippen LogP contribution is 2.27. The van der Waals surface area contributed by atoms with E-state index in [2.05, 4.69) is 26.3 Å². The second-order valence-electron chi connectivity index (χ2n) is 6.43. The molecule has 1 N–H and O–H groups in total. The molecular weight excluding hydrogens is 453 g/mol. The number of benzene rings is 2. The molecule has 6 nitrogen and oxygen atoms in total. The molecule has 0 saturated heterocycles. The van der Waals surface area contributed by atoms with Crippen LogP contribution in [0.2, 0.25) is 0 Å². The number of aromatic nitrogens is 2. The summed E-state index contributed by atoms with van der Waals surface area (Å²) >= 11 is 3.12. The van der Waals surface area contributed by atoms with Crippen LogP contribution in [-0.4, -0.2) is 29.9 Å². The van der Waals surface area contributed by atoms with Crippen molar-refractivity contribution in [1.82, 2.24) is 9.78 Å². The number of rotatable bonds is 8. The van der Waals surface area contributed by atoms with Gasteiger partial charge in [-0.3, -0.25) is 9.48 Å². The lowest BCUT2D eigenvalue weighted by Crippen LogP contribution is -2.07. The second kappa shape index (κ2) is 10.1. The van der Waals surface area contributed by atoms with E-state index in [0.29, 0.717) is 33.8 Å². The van der Waals surface area contributed by atoms with E-state index in [1.807, 2.05) is 18.2 Å². The van der Waals surface area contributed by atoms with Crippen LogP contribution in [0.15, 0.2) is 59.3 Å². The van der Waals surface area contributed by atoms with Gasteiger partial charge >= 0.3 is 0 Å². The third-order valence-electron chi connectivity index (χ3n) is 4.35. The summed E-state index contributed by atoms with van der Waals surface area (Å²) in [5.41, 5.74) is 2.39. The number of hydrogen-bond donors (Lipinski definition) is 1. The Morgan fingerprint density at radius 1 is 1.20 bits per heavy atom. The molecular formula is C22H21BrFN3O3. The number of carbonyl (C=O) groups excluding carboxylic acids is 1. The molecule has 3 aromatic rings. The summed E-state index contributed by atoms with van der Waals surface area (Å²) in [7, 11) is 3.21. The van der Waals surface area contributed by atoms with Gasteiger partial charge in [-0.05, 0) is 63.8 Å². The van der Waals surface area contributed by atoms with Crippen molar-refractivity contribution in [3.63, 3.8) is 0 Å². The number of nitrogens with zero attached hydrogens (tertiary/aromatic N) is 2. The number of halogens is 2. The fraction of sp³-hybridized carbons (Fsp3) is 0.182. The highest BCUT2D eigenvalue weighted by molar-refractivity contribution is 9.10. The van der Waals surface area contributed by atoms with Gasteiger partial charge in [-0.1, -0.05) is 12.1 Å². The van der Waals surface area contributed by atoms with Crippen molar-refractivity contribution in [2.45, 2.75) is 13.0 Å². The van der Waals surface area contributed by atoms with E-state index in [4.69, 9.17) is 9.47 Å². The highest BCUT2D eigenvalue weighted by atomic mass is 79.9. The first-order valence-corrected chi connectivity index (χ1v) is 9.95. The molecule has 30 heavy (non-hydrogen) atoms. The average Bonchev–Trinajstić information content (AvgIpc) is 3.20. The molecule has 0 atom stereocenters. The molecule has 0 unspecified atom stereocenters. The topological polar surface area (TPSA) is 65.4 Å². The molecule has 1 amide bonds. The first-order valence-electron chi connectivity index (χ1n) is 9.16. The van der Waals surface area contributed by atoms with Gasteiger partial charge in [0.25, 0.3) is 0 Å². The summed E-state index contributed by atoms with van der Waals surface area (Å²) in [6.45, 7) is 0.644. The van der Waals surface area contributed by atoms with E-state index in [1.54, 1.807) is 49.5 Å². The molecule has 0 saturated carbocycles. The van der Waals surface area contributed by atoms with Gasteiger partial charge in [0.05, 0.1) is 30.6 Å². The Bertz CT molecular complexity index is 1070. The number of nitrogens with one attached hydrogen (secondary N) is 1. The minimum absolute atomic E-state index is 0.296. The molecule has 1 heterocycles. The maximum Gasteiger partial charge on any atom is 0.248 e. The van der Waals surface area contributed by atoms with Crippen LogP contribution in [0.3, 0.4) is 0 Å². The Kier molecular flexibility index (Phi) is 7.24. The number of aryl methyl sites for hydroxylation is 2. The lowest BCUT2D eigenvalue weighted by molar-refractivity contribution is -0.111.